The first-order valence-corrected chi connectivity index (χ1v) is 6.52. The second kappa shape index (κ2) is 6.13. The van der Waals surface area contributed by atoms with Gasteiger partial charge in [0.05, 0.1) is 17.7 Å². The molecular formula is C15H14F3NO3. The summed E-state index contributed by atoms with van der Waals surface area (Å²) in [5.41, 5.74) is -0.661. The van der Waals surface area contributed by atoms with Crippen LogP contribution in [0.1, 0.15) is 18.1 Å². The molecule has 22 heavy (non-hydrogen) atoms. The van der Waals surface area contributed by atoms with Gasteiger partial charge in [0.25, 0.3) is 0 Å². The largest absolute Gasteiger partial charge is 0.497 e. The van der Waals surface area contributed by atoms with Gasteiger partial charge in [-0.15, -0.1) is 0 Å². The van der Waals surface area contributed by atoms with Crippen molar-refractivity contribution in [2.24, 2.45) is 0 Å². The molecule has 1 heterocycles. The van der Waals surface area contributed by atoms with Gasteiger partial charge in [-0.2, -0.15) is 13.2 Å². The Morgan fingerprint density at radius 2 is 2.09 bits per heavy atom. The first kappa shape index (κ1) is 15.9. The topological polar surface area (TPSA) is 47.6 Å². The third-order valence-electron chi connectivity index (χ3n) is 2.95. The average Bonchev–Trinajstić information content (AvgIpc) is 2.80. The minimum atomic E-state index is -4.48. The molecule has 2 rings (SSSR count). The smallest absolute Gasteiger partial charge is 0.416 e. The van der Waals surface area contributed by atoms with Crippen LogP contribution in [0.15, 0.2) is 42.2 Å². The van der Waals surface area contributed by atoms with Gasteiger partial charge in [0.15, 0.2) is 0 Å². The van der Waals surface area contributed by atoms with Crippen LogP contribution in [0.25, 0.3) is 5.57 Å². The quantitative estimate of drug-likeness (QED) is 0.685. The lowest BCUT2D eigenvalue weighted by Crippen LogP contribution is -2.09. The van der Waals surface area contributed by atoms with Gasteiger partial charge >= 0.3 is 6.18 Å². The average molecular weight is 313 g/mol. The normalized spacial score (nSPS) is 17.0. The monoisotopic (exact) mass is 313 g/mol. The van der Waals surface area contributed by atoms with Gasteiger partial charge in [-0.3, -0.25) is 4.79 Å². The van der Waals surface area contributed by atoms with Crippen molar-refractivity contribution in [3.63, 3.8) is 0 Å². The lowest BCUT2D eigenvalue weighted by molar-refractivity contribution is -0.137. The maximum Gasteiger partial charge on any atom is 0.416 e. The summed E-state index contributed by atoms with van der Waals surface area (Å²) >= 11 is 0. The van der Waals surface area contributed by atoms with Crippen molar-refractivity contribution in [1.82, 2.24) is 5.32 Å². The van der Waals surface area contributed by atoms with E-state index in [2.05, 4.69) is 5.32 Å². The zero-order valence-corrected chi connectivity index (χ0v) is 12.0. The number of benzene rings is 1. The number of hydrogen-bond donors (Lipinski definition) is 1. The van der Waals surface area contributed by atoms with Gasteiger partial charge in [-0.1, -0.05) is 12.1 Å². The van der Waals surface area contributed by atoms with E-state index in [0.29, 0.717) is 6.61 Å². The fourth-order valence-electron chi connectivity index (χ4n) is 1.96. The lowest BCUT2D eigenvalue weighted by Gasteiger charge is -2.09. The lowest BCUT2D eigenvalue weighted by atomic mass is 10.00. The summed E-state index contributed by atoms with van der Waals surface area (Å²) in [6.45, 7) is 2.07. The van der Waals surface area contributed by atoms with Crippen molar-refractivity contribution in [3.05, 3.63) is 53.3 Å². The van der Waals surface area contributed by atoms with Crippen LogP contribution in [0.4, 0.5) is 13.2 Å². The Labute approximate surface area is 125 Å². The number of ketones is 1. The van der Waals surface area contributed by atoms with E-state index in [1.54, 1.807) is 6.92 Å². The molecule has 0 amide bonds. The van der Waals surface area contributed by atoms with Crippen LogP contribution in [0, 0.1) is 0 Å². The molecule has 0 saturated carbocycles. The van der Waals surface area contributed by atoms with Gasteiger partial charge in [0.2, 0.25) is 17.4 Å². The van der Waals surface area contributed by atoms with Crippen LogP contribution in [-0.4, -0.2) is 19.4 Å². The second-order valence-corrected chi connectivity index (χ2v) is 4.40. The zero-order valence-electron chi connectivity index (χ0n) is 12.0. The molecule has 0 saturated heterocycles. The molecule has 1 aliphatic rings. The van der Waals surface area contributed by atoms with Crippen molar-refractivity contribution >= 4 is 11.4 Å². The number of carbonyl (C=O) groups is 1. The van der Waals surface area contributed by atoms with Gasteiger partial charge < -0.3 is 14.8 Å². The predicted molar refractivity (Wildman–Crippen MR) is 73.2 cm³/mol. The number of halogens is 3. The highest BCUT2D eigenvalue weighted by molar-refractivity contribution is 6.30. The van der Waals surface area contributed by atoms with E-state index in [1.165, 1.54) is 19.2 Å². The van der Waals surface area contributed by atoms with Gasteiger partial charge in [-0.25, -0.2) is 0 Å². The SMILES string of the molecule is CCO/C=C1\OC(NC)=C(c2cccc(C(F)(F)F)c2)C1=O. The molecular weight excluding hydrogens is 299 g/mol. The molecule has 1 aromatic carbocycles. The van der Waals surface area contributed by atoms with Crippen LogP contribution in [0.5, 0.6) is 0 Å². The Hall–Kier alpha value is -2.44. The molecule has 0 fully saturated rings. The Balaban J connectivity index is 2.44. The molecule has 118 valence electrons. The molecule has 0 unspecified atom stereocenters. The standard InChI is InChI=1S/C15H14F3NO3/c1-3-21-8-11-13(20)12(14(19-2)22-11)9-5-4-6-10(7-9)15(16,17)18/h4-8,19H,3H2,1-2H3/b11-8-. The molecule has 0 atom stereocenters. The third-order valence-corrected chi connectivity index (χ3v) is 2.95. The first-order valence-electron chi connectivity index (χ1n) is 6.52. The summed E-state index contributed by atoms with van der Waals surface area (Å²) in [7, 11) is 1.51. The number of ether oxygens (including phenoxy) is 2. The van der Waals surface area contributed by atoms with Crippen molar-refractivity contribution < 1.29 is 27.4 Å². The Morgan fingerprint density at radius 3 is 2.68 bits per heavy atom. The summed E-state index contributed by atoms with van der Waals surface area (Å²) < 4.78 is 48.7. The fraction of sp³-hybridized carbons (Fsp3) is 0.267. The van der Waals surface area contributed by atoms with Gasteiger partial charge in [-0.05, 0) is 24.6 Å². The van der Waals surface area contributed by atoms with E-state index in [4.69, 9.17) is 9.47 Å². The highest BCUT2D eigenvalue weighted by Gasteiger charge is 2.35. The number of allylic oxidation sites excluding steroid dienone is 1. The summed E-state index contributed by atoms with van der Waals surface area (Å²) in [5.74, 6) is -0.508. The number of hydrogen-bond acceptors (Lipinski definition) is 4. The molecule has 0 aliphatic carbocycles. The summed E-state index contributed by atoms with van der Waals surface area (Å²) in [5, 5.41) is 2.67. The molecule has 7 heteroatoms. The highest BCUT2D eigenvalue weighted by atomic mass is 19.4. The Bertz CT molecular complexity index is 648. The minimum Gasteiger partial charge on any atom is -0.497 e. The Morgan fingerprint density at radius 1 is 1.36 bits per heavy atom. The van der Waals surface area contributed by atoms with E-state index in [0.717, 1.165) is 18.4 Å². The molecule has 0 radical (unpaired) electrons. The van der Waals surface area contributed by atoms with E-state index >= 15 is 0 Å². The van der Waals surface area contributed by atoms with E-state index < -0.39 is 17.5 Å². The number of alkyl halides is 3. The number of nitrogens with one attached hydrogen (secondary N) is 1. The van der Waals surface area contributed by atoms with Gasteiger partial charge in [0.1, 0.15) is 6.26 Å². The highest BCUT2D eigenvalue weighted by Crippen LogP contribution is 2.35. The van der Waals surface area contributed by atoms with E-state index in [-0.39, 0.29) is 22.8 Å². The van der Waals surface area contributed by atoms with Crippen LogP contribution in [-0.2, 0) is 20.4 Å². The maximum atomic E-state index is 12.8. The van der Waals surface area contributed by atoms with Gasteiger partial charge in [0, 0.05) is 7.05 Å². The molecule has 0 bridgehead atoms. The third kappa shape index (κ3) is 3.08. The second-order valence-electron chi connectivity index (χ2n) is 4.40. The fourth-order valence-corrected chi connectivity index (χ4v) is 1.96. The minimum absolute atomic E-state index is 0.0413. The summed E-state index contributed by atoms with van der Waals surface area (Å²) in [4.78, 5) is 12.3. The van der Waals surface area contributed by atoms with E-state index in [9.17, 15) is 18.0 Å². The first-order chi connectivity index (χ1) is 10.4. The van der Waals surface area contributed by atoms with Crippen LogP contribution in [0.3, 0.4) is 0 Å². The van der Waals surface area contributed by atoms with Crippen molar-refractivity contribution in [1.29, 1.82) is 0 Å². The van der Waals surface area contributed by atoms with Crippen molar-refractivity contribution in [2.75, 3.05) is 13.7 Å². The predicted octanol–water partition coefficient (Wildman–Crippen LogP) is 3.07. The van der Waals surface area contributed by atoms with Crippen LogP contribution >= 0.6 is 0 Å². The maximum absolute atomic E-state index is 12.8. The zero-order chi connectivity index (χ0) is 16.3. The molecule has 0 aromatic heterocycles. The van der Waals surface area contributed by atoms with Crippen LogP contribution in [0.2, 0.25) is 0 Å². The summed E-state index contributed by atoms with van der Waals surface area (Å²) in [6, 6.07) is 4.53. The number of Topliss-reactive ketones (excluding diaryl/α,β-unsaturated/α-hetero) is 1. The molecule has 4 nitrogen and oxygen atoms in total. The van der Waals surface area contributed by atoms with E-state index in [1.807, 2.05) is 0 Å². The Kier molecular flexibility index (Phi) is 4.44. The number of carbonyl (C=O) groups excluding carboxylic acids is 1. The summed E-state index contributed by atoms with van der Waals surface area (Å²) in [6.07, 6.45) is -3.33. The van der Waals surface area contributed by atoms with Crippen molar-refractivity contribution in [3.8, 4) is 0 Å². The molecule has 1 aromatic rings. The molecule has 1 N–H and O–H groups in total. The van der Waals surface area contributed by atoms with Crippen molar-refractivity contribution in [2.45, 2.75) is 13.1 Å². The molecule has 1 aliphatic heterocycles. The van der Waals surface area contributed by atoms with Crippen LogP contribution < -0.4 is 5.32 Å². The number of rotatable bonds is 4. The molecule has 0 spiro atoms.